The van der Waals surface area contributed by atoms with Crippen molar-refractivity contribution in [2.24, 2.45) is 5.92 Å². The molecule has 2 heterocycles. The molecule has 0 aliphatic heterocycles. The molecule has 1 unspecified atom stereocenters. The van der Waals surface area contributed by atoms with Crippen molar-refractivity contribution in [3.8, 4) is 0 Å². The average molecular weight is 290 g/mol. The van der Waals surface area contributed by atoms with Gasteiger partial charge in [0.1, 0.15) is 5.76 Å². The molecule has 0 aromatic carbocycles. The van der Waals surface area contributed by atoms with E-state index in [1.165, 1.54) is 36.1 Å². The zero-order valence-corrected chi connectivity index (χ0v) is 13.0. The van der Waals surface area contributed by atoms with Crippen LogP contribution < -0.4 is 5.32 Å². The summed E-state index contributed by atoms with van der Waals surface area (Å²) < 4.78 is 5.26. The first-order valence-electron chi connectivity index (χ1n) is 7.44. The van der Waals surface area contributed by atoms with Crippen molar-refractivity contribution in [1.29, 1.82) is 0 Å². The highest BCUT2D eigenvalue weighted by Gasteiger charge is 2.27. The Kier molecular flexibility index (Phi) is 4.22. The maximum atomic E-state index is 5.26. The average Bonchev–Trinajstić information content (AvgIpc) is 3.16. The Morgan fingerprint density at radius 3 is 2.80 bits per heavy atom. The lowest BCUT2D eigenvalue weighted by Gasteiger charge is -2.24. The number of hydrogen-bond acceptors (Lipinski definition) is 4. The maximum absolute atomic E-state index is 5.26. The van der Waals surface area contributed by atoms with Gasteiger partial charge in [0.15, 0.2) is 0 Å². The number of aryl methyl sites for hydroxylation is 2. The minimum atomic E-state index is 0.478. The Morgan fingerprint density at radius 1 is 1.40 bits per heavy atom. The normalized spacial score (nSPS) is 17.7. The number of aromatic nitrogens is 1. The van der Waals surface area contributed by atoms with Gasteiger partial charge in [0, 0.05) is 23.0 Å². The summed E-state index contributed by atoms with van der Waals surface area (Å²) >= 11 is 1.86. The molecule has 3 rings (SSSR count). The van der Waals surface area contributed by atoms with E-state index in [0.29, 0.717) is 6.04 Å². The van der Waals surface area contributed by atoms with Gasteiger partial charge < -0.3 is 9.84 Å². The highest BCUT2D eigenvalue weighted by molar-refractivity contribution is 7.10. The van der Waals surface area contributed by atoms with Crippen LogP contribution in [0.4, 0.5) is 0 Å². The first-order chi connectivity index (χ1) is 9.75. The van der Waals surface area contributed by atoms with Crippen molar-refractivity contribution in [2.75, 3.05) is 0 Å². The molecule has 20 heavy (non-hydrogen) atoms. The summed E-state index contributed by atoms with van der Waals surface area (Å²) in [5.74, 6) is 1.71. The Bertz CT molecular complexity index is 521. The standard InChI is InChI=1S/C16H22N2OS/c1-11-14(12(2)19-18-11)10-17-16(13-6-3-4-7-13)15-8-5-9-20-15/h5,8-9,13,16-17H,3-4,6-7,10H2,1-2H3. The SMILES string of the molecule is Cc1noc(C)c1CNC(c1cccs1)C1CCCC1. The van der Waals surface area contributed by atoms with E-state index < -0.39 is 0 Å². The molecule has 1 aliphatic rings. The van der Waals surface area contributed by atoms with Gasteiger partial charge >= 0.3 is 0 Å². The van der Waals surface area contributed by atoms with E-state index in [4.69, 9.17) is 4.52 Å². The van der Waals surface area contributed by atoms with Gasteiger partial charge in [-0.15, -0.1) is 11.3 Å². The number of rotatable bonds is 5. The molecule has 1 atom stereocenters. The predicted molar refractivity (Wildman–Crippen MR) is 81.8 cm³/mol. The van der Waals surface area contributed by atoms with Crippen molar-refractivity contribution in [3.63, 3.8) is 0 Å². The Hall–Kier alpha value is -1.13. The lowest BCUT2D eigenvalue weighted by molar-refractivity contribution is 0.367. The molecule has 1 saturated carbocycles. The summed E-state index contributed by atoms with van der Waals surface area (Å²) in [5.41, 5.74) is 2.22. The van der Waals surface area contributed by atoms with Gasteiger partial charge in [-0.1, -0.05) is 24.1 Å². The second-order valence-electron chi connectivity index (χ2n) is 5.72. The van der Waals surface area contributed by atoms with Crippen molar-refractivity contribution >= 4 is 11.3 Å². The zero-order valence-electron chi connectivity index (χ0n) is 12.2. The van der Waals surface area contributed by atoms with E-state index in [0.717, 1.165) is 23.9 Å². The largest absolute Gasteiger partial charge is 0.361 e. The van der Waals surface area contributed by atoms with Gasteiger partial charge in [-0.2, -0.15) is 0 Å². The van der Waals surface area contributed by atoms with Crippen molar-refractivity contribution in [2.45, 2.75) is 52.1 Å². The summed E-state index contributed by atoms with van der Waals surface area (Å²) in [7, 11) is 0. The van der Waals surface area contributed by atoms with Crippen LogP contribution in [-0.4, -0.2) is 5.16 Å². The molecule has 0 bridgehead atoms. The molecule has 0 amide bonds. The molecule has 1 aliphatic carbocycles. The molecule has 1 N–H and O–H groups in total. The van der Waals surface area contributed by atoms with Gasteiger partial charge in [-0.3, -0.25) is 0 Å². The number of hydrogen-bond donors (Lipinski definition) is 1. The first-order valence-corrected chi connectivity index (χ1v) is 8.32. The Morgan fingerprint density at radius 2 is 2.20 bits per heavy atom. The Balaban J connectivity index is 1.73. The summed E-state index contributed by atoms with van der Waals surface area (Å²) in [5, 5.41) is 9.98. The topological polar surface area (TPSA) is 38.1 Å². The second-order valence-corrected chi connectivity index (χ2v) is 6.70. The first kappa shape index (κ1) is 13.8. The van der Waals surface area contributed by atoms with Gasteiger partial charge in [0.2, 0.25) is 0 Å². The van der Waals surface area contributed by atoms with Gasteiger partial charge in [-0.05, 0) is 44.1 Å². The van der Waals surface area contributed by atoms with E-state index in [1.54, 1.807) is 0 Å². The fourth-order valence-corrected chi connectivity index (χ4v) is 4.12. The van der Waals surface area contributed by atoms with Gasteiger partial charge in [-0.25, -0.2) is 0 Å². The number of nitrogens with one attached hydrogen (secondary N) is 1. The number of nitrogens with zero attached hydrogens (tertiary/aromatic N) is 1. The van der Waals surface area contributed by atoms with Crippen molar-refractivity contribution in [1.82, 2.24) is 10.5 Å². The summed E-state index contributed by atoms with van der Waals surface area (Å²) in [4.78, 5) is 1.46. The van der Waals surface area contributed by atoms with E-state index in [2.05, 4.69) is 28.0 Å². The molecule has 2 aromatic rings. The zero-order chi connectivity index (χ0) is 13.9. The highest BCUT2D eigenvalue weighted by atomic mass is 32.1. The van der Waals surface area contributed by atoms with Crippen LogP contribution in [-0.2, 0) is 6.54 Å². The quantitative estimate of drug-likeness (QED) is 0.888. The van der Waals surface area contributed by atoms with Gasteiger partial charge in [0.25, 0.3) is 0 Å². The smallest absolute Gasteiger partial charge is 0.138 e. The Labute approximate surface area is 124 Å². The minimum Gasteiger partial charge on any atom is -0.361 e. The van der Waals surface area contributed by atoms with E-state index in [1.807, 2.05) is 25.2 Å². The molecular formula is C16H22N2OS. The molecule has 0 radical (unpaired) electrons. The molecule has 3 nitrogen and oxygen atoms in total. The van der Waals surface area contributed by atoms with Crippen LogP contribution in [0.1, 0.15) is 53.6 Å². The van der Waals surface area contributed by atoms with Gasteiger partial charge in [0.05, 0.1) is 5.69 Å². The summed E-state index contributed by atoms with van der Waals surface area (Å²) in [6.45, 7) is 4.86. The molecule has 0 saturated heterocycles. The summed E-state index contributed by atoms with van der Waals surface area (Å²) in [6, 6.07) is 4.89. The van der Waals surface area contributed by atoms with E-state index >= 15 is 0 Å². The molecule has 108 valence electrons. The lowest BCUT2D eigenvalue weighted by Crippen LogP contribution is -2.26. The lowest BCUT2D eigenvalue weighted by atomic mass is 9.96. The highest BCUT2D eigenvalue weighted by Crippen LogP contribution is 2.37. The predicted octanol–water partition coefficient (Wildman–Crippen LogP) is 4.37. The molecule has 0 spiro atoms. The van der Waals surface area contributed by atoms with Crippen LogP contribution in [0.15, 0.2) is 22.0 Å². The molecule has 2 aromatic heterocycles. The monoisotopic (exact) mass is 290 g/mol. The van der Waals surface area contributed by atoms with E-state index in [9.17, 15) is 0 Å². The minimum absolute atomic E-state index is 0.478. The van der Waals surface area contributed by atoms with Crippen LogP contribution in [0.2, 0.25) is 0 Å². The third-order valence-electron chi connectivity index (χ3n) is 4.40. The van der Waals surface area contributed by atoms with Crippen LogP contribution in [0.25, 0.3) is 0 Å². The van der Waals surface area contributed by atoms with Crippen LogP contribution in [0.5, 0.6) is 0 Å². The van der Waals surface area contributed by atoms with Crippen LogP contribution >= 0.6 is 11.3 Å². The third kappa shape index (κ3) is 2.81. The van der Waals surface area contributed by atoms with Crippen molar-refractivity contribution in [3.05, 3.63) is 39.4 Å². The molecular weight excluding hydrogens is 268 g/mol. The number of thiophene rings is 1. The fraction of sp³-hybridized carbons (Fsp3) is 0.562. The van der Waals surface area contributed by atoms with Crippen LogP contribution in [0, 0.1) is 19.8 Å². The van der Waals surface area contributed by atoms with E-state index in [-0.39, 0.29) is 0 Å². The van der Waals surface area contributed by atoms with Crippen LogP contribution in [0.3, 0.4) is 0 Å². The summed E-state index contributed by atoms with van der Waals surface area (Å²) in [6.07, 6.45) is 5.44. The second kappa shape index (κ2) is 6.10. The van der Waals surface area contributed by atoms with Crippen molar-refractivity contribution < 1.29 is 4.52 Å². The molecule has 1 fully saturated rings. The fourth-order valence-electron chi connectivity index (χ4n) is 3.22. The molecule has 4 heteroatoms. The maximum Gasteiger partial charge on any atom is 0.138 e. The third-order valence-corrected chi connectivity index (χ3v) is 5.36.